The van der Waals surface area contributed by atoms with E-state index in [1.165, 1.54) is 6.07 Å². The van der Waals surface area contributed by atoms with E-state index in [0.717, 1.165) is 12.8 Å². The molecule has 5 N–H and O–H groups in total. The fourth-order valence-electron chi connectivity index (χ4n) is 1.50. The summed E-state index contributed by atoms with van der Waals surface area (Å²) >= 11 is 0. The van der Waals surface area contributed by atoms with Crippen LogP contribution in [0.3, 0.4) is 0 Å². The van der Waals surface area contributed by atoms with Gasteiger partial charge in [-0.2, -0.15) is 0 Å². The maximum Gasteiger partial charge on any atom is 0.165 e. The molecule has 84 valence electrons. The molecular formula is C11H17FN2O. The van der Waals surface area contributed by atoms with E-state index in [4.69, 9.17) is 11.5 Å². The lowest BCUT2D eigenvalue weighted by Crippen LogP contribution is -2.11. The van der Waals surface area contributed by atoms with Gasteiger partial charge in [-0.1, -0.05) is 18.6 Å². The molecule has 0 saturated carbocycles. The Balaban J connectivity index is 2.65. The fourth-order valence-corrected chi connectivity index (χ4v) is 1.50. The van der Waals surface area contributed by atoms with Gasteiger partial charge < -0.3 is 16.6 Å². The standard InChI is InChI=1S/C11H17FN2O/c12-9-5-3-4-8(11(9)15)10(14)6-1-2-7-13/h3-5,10,15H,1-2,6-7,13-14H2/t10-/m0/s1. The predicted octanol–water partition coefficient (Wildman–Crippen LogP) is 1.66. The highest BCUT2D eigenvalue weighted by atomic mass is 19.1. The molecule has 1 aromatic rings. The van der Waals surface area contributed by atoms with E-state index in [1.54, 1.807) is 12.1 Å². The van der Waals surface area contributed by atoms with Gasteiger partial charge >= 0.3 is 0 Å². The average molecular weight is 212 g/mol. The van der Waals surface area contributed by atoms with E-state index in [-0.39, 0.29) is 11.8 Å². The molecule has 0 unspecified atom stereocenters. The number of hydrogen-bond donors (Lipinski definition) is 3. The molecule has 1 rings (SSSR count). The minimum Gasteiger partial charge on any atom is -0.505 e. The molecule has 0 spiro atoms. The maximum atomic E-state index is 13.0. The number of para-hydroxylation sites is 1. The van der Waals surface area contributed by atoms with Crippen LogP contribution in [-0.4, -0.2) is 11.7 Å². The second kappa shape index (κ2) is 5.68. The number of phenols is 1. The van der Waals surface area contributed by atoms with Crippen LogP contribution in [0.4, 0.5) is 4.39 Å². The second-order valence-electron chi connectivity index (χ2n) is 3.57. The third-order valence-electron chi connectivity index (χ3n) is 2.39. The Hall–Kier alpha value is -1.13. The number of unbranched alkanes of at least 4 members (excludes halogenated alkanes) is 1. The van der Waals surface area contributed by atoms with Gasteiger partial charge in [0, 0.05) is 11.6 Å². The zero-order valence-electron chi connectivity index (χ0n) is 8.62. The summed E-state index contributed by atoms with van der Waals surface area (Å²) in [4.78, 5) is 0. The highest BCUT2D eigenvalue weighted by molar-refractivity contribution is 5.35. The molecule has 0 aromatic heterocycles. The quantitative estimate of drug-likeness (QED) is 0.650. The van der Waals surface area contributed by atoms with Crippen LogP contribution in [0.15, 0.2) is 18.2 Å². The fraction of sp³-hybridized carbons (Fsp3) is 0.455. The van der Waals surface area contributed by atoms with Crippen LogP contribution < -0.4 is 11.5 Å². The summed E-state index contributed by atoms with van der Waals surface area (Å²) in [7, 11) is 0. The first kappa shape index (κ1) is 11.9. The Labute approximate surface area is 88.9 Å². The SMILES string of the molecule is NCCCC[C@H](N)c1cccc(F)c1O. The van der Waals surface area contributed by atoms with Crippen molar-refractivity contribution >= 4 is 0 Å². The highest BCUT2D eigenvalue weighted by Crippen LogP contribution is 2.27. The zero-order chi connectivity index (χ0) is 11.3. The molecule has 0 radical (unpaired) electrons. The Bertz CT molecular complexity index is 317. The Morgan fingerprint density at radius 2 is 2.07 bits per heavy atom. The molecule has 3 nitrogen and oxygen atoms in total. The molecule has 0 bridgehead atoms. The Morgan fingerprint density at radius 1 is 1.33 bits per heavy atom. The van der Waals surface area contributed by atoms with Crippen LogP contribution in [0, 0.1) is 5.82 Å². The second-order valence-corrected chi connectivity index (χ2v) is 3.57. The molecule has 0 aliphatic carbocycles. The van der Waals surface area contributed by atoms with E-state index in [0.29, 0.717) is 18.5 Å². The molecule has 0 saturated heterocycles. The first-order valence-corrected chi connectivity index (χ1v) is 5.10. The van der Waals surface area contributed by atoms with Crippen molar-refractivity contribution in [3.63, 3.8) is 0 Å². The monoisotopic (exact) mass is 212 g/mol. The van der Waals surface area contributed by atoms with Crippen molar-refractivity contribution in [2.24, 2.45) is 11.5 Å². The van der Waals surface area contributed by atoms with Crippen LogP contribution in [0.1, 0.15) is 30.9 Å². The van der Waals surface area contributed by atoms with Gasteiger partial charge in [0.2, 0.25) is 0 Å². The molecule has 0 amide bonds. The first-order valence-electron chi connectivity index (χ1n) is 5.10. The summed E-state index contributed by atoms with van der Waals surface area (Å²) in [5.74, 6) is -0.959. The number of aromatic hydroxyl groups is 1. The van der Waals surface area contributed by atoms with Crippen LogP contribution in [0.25, 0.3) is 0 Å². The summed E-state index contributed by atoms with van der Waals surface area (Å²) < 4.78 is 13.0. The third-order valence-corrected chi connectivity index (χ3v) is 2.39. The maximum absolute atomic E-state index is 13.0. The number of nitrogens with two attached hydrogens (primary N) is 2. The summed E-state index contributed by atoms with van der Waals surface area (Å²) in [6.45, 7) is 0.627. The number of hydrogen-bond acceptors (Lipinski definition) is 3. The van der Waals surface area contributed by atoms with E-state index in [2.05, 4.69) is 0 Å². The van der Waals surface area contributed by atoms with Crippen LogP contribution in [-0.2, 0) is 0 Å². The van der Waals surface area contributed by atoms with E-state index in [1.807, 2.05) is 0 Å². The molecule has 0 aliphatic rings. The topological polar surface area (TPSA) is 72.3 Å². The summed E-state index contributed by atoms with van der Waals surface area (Å²) in [5.41, 5.74) is 11.7. The van der Waals surface area contributed by atoms with Gasteiger partial charge in [-0.05, 0) is 25.5 Å². The van der Waals surface area contributed by atoms with Crippen molar-refractivity contribution in [3.05, 3.63) is 29.6 Å². The van der Waals surface area contributed by atoms with Gasteiger partial charge in [-0.3, -0.25) is 0 Å². The lowest BCUT2D eigenvalue weighted by molar-refractivity contribution is 0.417. The Kier molecular flexibility index (Phi) is 4.52. The summed E-state index contributed by atoms with van der Waals surface area (Å²) in [6, 6.07) is 4.08. The number of halogens is 1. The first-order chi connectivity index (χ1) is 7.16. The largest absolute Gasteiger partial charge is 0.505 e. The van der Waals surface area contributed by atoms with Crippen molar-refractivity contribution in [1.29, 1.82) is 0 Å². The summed E-state index contributed by atoms with van der Waals surface area (Å²) in [6.07, 6.45) is 2.48. The van der Waals surface area contributed by atoms with E-state index >= 15 is 0 Å². The third kappa shape index (κ3) is 3.18. The molecule has 15 heavy (non-hydrogen) atoms. The molecule has 1 aromatic carbocycles. The summed E-state index contributed by atoms with van der Waals surface area (Å²) in [5, 5.41) is 9.44. The number of benzene rings is 1. The van der Waals surface area contributed by atoms with Crippen molar-refractivity contribution in [2.75, 3.05) is 6.54 Å². The number of phenolic OH excluding ortho intramolecular Hbond substituents is 1. The van der Waals surface area contributed by atoms with Crippen LogP contribution in [0.5, 0.6) is 5.75 Å². The van der Waals surface area contributed by atoms with Gasteiger partial charge in [0.25, 0.3) is 0 Å². The smallest absolute Gasteiger partial charge is 0.165 e. The minimum atomic E-state index is -0.623. The predicted molar refractivity (Wildman–Crippen MR) is 57.9 cm³/mol. The van der Waals surface area contributed by atoms with Gasteiger partial charge in [0.1, 0.15) is 0 Å². The van der Waals surface area contributed by atoms with Crippen molar-refractivity contribution in [1.82, 2.24) is 0 Å². The lowest BCUT2D eigenvalue weighted by Gasteiger charge is -2.13. The normalized spacial score (nSPS) is 12.7. The van der Waals surface area contributed by atoms with E-state index < -0.39 is 5.82 Å². The highest BCUT2D eigenvalue weighted by Gasteiger charge is 2.13. The van der Waals surface area contributed by atoms with Crippen molar-refractivity contribution < 1.29 is 9.50 Å². The van der Waals surface area contributed by atoms with Crippen LogP contribution >= 0.6 is 0 Å². The molecule has 1 atom stereocenters. The van der Waals surface area contributed by atoms with Gasteiger partial charge in [0.05, 0.1) is 0 Å². The van der Waals surface area contributed by atoms with Crippen molar-refractivity contribution in [2.45, 2.75) is 25.3 Å². The minimum absolute atomic E-state index is 0.327. The molecule has 0 aliphatic heterocycles. The zero-order valence-corrected chi connectivity index (χ0v) is 8.62. The molecule has 0 fully saturated rings. The van der Waals surface area contributed by atoms with Gasteiger partial charge in [-0.15, -0.1) is 0 Å². The number of rotatable bonds is 5. The van der Waals surface area contributed by atoms with Gasteiger partial charge in [0.15, 0.2) is 11.6 Å². The Morgan fingerprint density at radius 3 is 2.73 bits per heavy atom. The molecule has 0 heterocycles. The lowest BCUT2D eigenvalue weighted by atomic mass is 10.0. The van der Waals surface area contributed by atoms with Crippen LogP contribution in [0.2, 0.25) is 0 Å². The van der Waals surface area contributed by atoms with Gasteiger partial charge in [-0.25, -0.2) is 4.39 Å². The molecular weight excluding hydrogens is 195 g/mol. The van der Waals surface area contributed by atoms with E-state index in [9.17, 15) is 9.50 Å². The average Bonchev–Trinajstić information content (AvgIpc) is 2.22. The molecule has 4 heteroatoms. The van der Waals surface area contributed by atoms with Crippen molar-refractivity contribution in [3.8, 4) is 5.75 Å².